The molecule has 0 saturated carbocycles. The number of ether oxygens (including phenoxy) is 1. The molecule has 1 amide bonds. The lowest BCUT2D eigenvalue weighted by atomic mass is 9.97. The first-order chi connectivity index (χ1) is 13.5. The van der Waals surface area contributed by atoms with E-state index >= 15 is 0 Å². The van der Waals surface area contributed by atoms with Crippen LogP contribution in [-0.2, 0) is 0 Å². The standard InChI is InChI=1S/C22H22N2O4/c1-23(2)12-13-24-19(14-8-4-6-10-16(14)27-3)18-20(25)15-9-5-7-11-17(15)28-21(18)22(24)26/h4-11,19H,12-13H2,1-3H3. The third-order valence-electron chi connectivity index (χ3n) is 5.09. The van der Waals surface area contributed by atoms with E-state index in [0.717, 1.165) is 5.56 Å². The van der Waals surface area contributed by atoms with Crippen molar-refractivity contribution in [2.45, 2.75) is 6.04 Å². The summed E-state index contributed by atoms with van der Waals surface area (Å²) in [6, 6.07) is 14.0. The maximum Gasteiger partial charge on any atom is 0.290 e. The van der Waals surface area contributed by atoms with Gasteiger partial charge in [0, 0.05) is 18.7 Å². The second-order valence-corrected chi connectivity index (χ2v) is 7.12. The fourth-order valence-electron chi connectivity index (χ4n) is 3.72. The molecule has 3 aromatic rings. The van der Waals surface area contributed by atoms with E-state index in [9.17, 15) is 9.59 Å². The predicted molar refractivity (Wildman–Crippen MR) is 107 cm³/mol. The summed E-state index contributed by atoms with van der Waals surface area (Å²) in [5, 5.41) is 0.475. The Hall–Kier alpha value is -3.12. The highest BCUT2D eigenvalue weighted by Gasteiger charge is 2.43. The zero-order chi connectivity index (χ0) is 19.8. The van der Waals surface area contributed by atoms with Gasteiger partial charge in [-0.1, -0.05) is 30.3 Å². The van der Waals surface area contributed by atoms with Crippen LogP contribution in [0.25, 0.3) is 11.0 Å². The van der Waals surface area contributed by atoms with Crippen LogP contribution >= 0.6 is 0 Å². The van der Waals surface area contributed by atoms with Gasteiger partial charge in [-0.25, -0.2) is 0 Å². The number of hydrogen-bond acceptors (Lipinski definition) is 5. The Bertz CT molecular complexity index is 1100. The van der Waals surface area contributed by atoms with Crippen LogP contribution < -0.4 is 10.2 Å². The maximum absolute atomic E-state index is 13.3. The number of benzene rings is 2. The fraction of sp³-hybridized carbons (Fsp3) is 0.273. The Balaban J connectivity index is 1.97. The minimum Gasteiger partial charge on any atom is -0.496 e. The lowest BCUT2D eigenvalue weighted by molar-refractivity contribution is 0.0715. The molecule has 0 saturated heterocycles. The first kappa shape index (κ1) is 18.3. The van der Waals surface area contributed by atoms with Gasteiger partial charge in [-0.15, -0.1) is 0 Å². The highest BCUT2D eigenvalue weighted by atomic mass is 16.5. The number of hydrogen-bond donors (Lipinski definition) is 0. The third kappa shape index (κ3) is 2.86. The van der Waals surface area contributed by atoms with E-state index < -0.39 is 6.04 Å². The Morgan fingerprint density at radius 3 is 2.54 bits per heavy atom. The minimum atomic E-state index is -0.542. The van der Waals surface area contributed by atoms with Gasteiger partial charge >= 0.3 is 0 Å². The molecule has 1 aromatic heterocycles. The number of amides is 1. The van der Waals surface area contributed by atoms with Crippen molar-refractivity contribution in [3.63, 3.8) is 0 Å². The smallest absolute Gasteiger partial charge is 0.290 e. The Labute approximate surface area is 162 Å². The number of methoxy groups -OCH3 is 1. The molecule has 0 N–H and O–H groups in total. The first-order valence-corrected chi connectivity index (χ1v) is 9.17. The van der Waals surface area contributed by atoms with Crippen LogP contribution in [0, 0.1) is 0 Å². The number of nitrogens with zero attached hydrogens (tertiary/aromatic N) is 2. The Morgan fingerprint density at radius 2 is 1.79 bits per heavy atom. The van der Waals surface area contributed by atoms with Crippen LogP contribution in [0.4, 0.5) is 0 Å². The van der Waals surface area contributed by atoms with Crippen LogP contribution in [0.3, 0.4) is 0 Å². The molecule has 1 unspecified atom stereocenters. The quantitative estimate of drug-likeness (QED) is 0.683. The van der Waals surface area contributed by atoms with Gasteiger partial charge in [-0.05, 0) is 32.3 Å². The lowest BCUT2D eigenvalue weighted by Crippen LogP contribution is -2.35. The summed E-state index contributed by atoms with van der Waals surface area (Å²) in [6.07, 6.45) is 0. The zero-order valence-corrected chi connectivity index (χ0v) is 16.1. The van der Waals surface area contributed by atoms with E-state index in [-0.39, 0.29) is 17.1 Å². The molecule has 2 aromatic carbocycles. The molecule has 1 atom stereocenters. The van der Waals surface area contributed by atoms with Gasteiger partial charge < -0.3 is 19.0 Å². The summed E-state index contributed by atoms with van der Waals surface area (Å²) in [5.41, 5.74) is 1.41. The largest absolute Gasteiger partial charge is 0.496 e. The number of fused-ring (bicyclic) bond motifs is 2. The van der Waals surface area contributed by atoms with E-state index in [1.54, 1.807) is 36.3 Å². The van der Waals surface area contributed by atoms with Gasteiger partial charge in [-0.3, -0.25) is 9.59 Å². The molecule has 1 aliphatic heterocycles. The van der Waals surface area contributed by atoms with Crippen LogP contribution in [0.1, 0.15) is 27.7 Å². The number of likely N-dealkylation sites (N-methyl/N-ethyl adjacent to an activating group) is 1. The SMILES string of the molecule is COc1ccccc1C1c2c(oc3ccccc3c2=O)C(=O)N1CCN(C)C. The van der Waals surface area contributed by atoms with E-state index in [1.807, 2.05) is 43.3 Å². The van der Waals surface area contributed by atoms with Gasteiger partial charge in [0.05, 0.1) is 24.1 Å². The van der Waals surface area contributed by atoms with E-state index in [1.165, 1.54) is 0 Å². The summed E-state index contributed by atoms with van der Waals surface area (Å²) in [5.74, 6) is 0.490. The average molecular weight is 378 g/mol. The molecule has 1 aliphatic rings. The Kier molecular flexibility index (Phi) is 4.65. The second kappa shape index (κ2) is 7.13. The number of carbonyl (C=O) groups excluding carboxylic acids is 1. The van der Waals surface area contributed by atoms with Crippen molar-refractivity contribution < 1.29 is 13.9 Å². The molecule has 6 heteroatoms. The molecule has 2 heterocycles. The van der Waals surface area contributed by atoms with Crippen LogP contribution in [0.15, 0.2) is 57.7 Å². The molecule has 0 spiro atoms. The normalized spacial score (nSPS) is 16.1. The van der Waals surface area contributed by atoms with Crippen molar-refractivity contribution in [3.8, 4) is 5.75 Å². The van der Waals surface area contributed by atoms with Crippen LogP contribution in [-0.4, -0.2) is 50.0 Å². The highest BCUT2D eigenvalue weighted by molar-refractivity contribution is 5.99. The zero-order valence-electron chi connectivity index (χ0n) is 16.1. The summed E-state index contributed by atoms with van der Waals surface area (Å²) < 4.78 is 11.4. The van der Waals surface area contributed by atoms with Crippen LogP contribution in [0.5, 0.6) is 5.75 Å². The third-order valence-corrected chi connectivity index (χ3v) is 5.09. The summed E-state index contributed by atoms with van der Waals surface area (Å²) in [6.45, 7) is 1.13. The average Bonchev–Trinajstić information content (AvgIpc) is 2.98. The minimum absolute atomic E-state index is 0.123. The maximum atomic E-state index is 13.3. The van der Waals surface area contributed by atoms with Crippen molar-refractivity contribution in [1.29, 1.82) is 0 Å². The monoisotopic (exact) mass is 378 g/mol. The van der Waals surface area contributed by atoms with E-state index in [0.29, 0.717) is 35.4 Å². The van der Waals surface area contributed by atoms with Crippen molar-refractivity contribution in [1.82, 2.24) is 9.80 Å². The molecule has 0 radical (unpaired) electrons. The summed E-state index contributed by atoms with van der Waals surface area (Å²) >= 11 is 0. The van der Waals surface area contributed by atoms with Gasteiger partial charge in [0.15, 0.2) is 5.43 Å². The van der Waals surface area contributed by atoms with Crippen LogP contribution in [0.2, 0.25) is 0 Å². The van der Waals surface area contributed by atoms with Gasteiger partial charge in [-0.2, -0.15) is 0 Å². The van der Waals surface area contributed by atoms with Crippen molar-refractivity contribution in [2.24, 2.45) is 0 Å². The molecule has 0 fully saturated rings. The van der Waals surface area contributed by atoms with Gasteiger partial charge in [0.25, 0.3) is 5.91 Å². The van der Waals surface area contributed by atoms with Crippen molar-refractivity contribution in [2.75, 3.05) is 34.3 Å². The van der Waals surface area contributed by atoms with Crippen molar-refractivity contribution in [3.05, 3.63) is 75.6 Å². The fourth-order valence-corrected chi connectivity index (χ4v) is 3.72. The highest BCUT2D eigenvalue weighted by Crippen LogP contribution is 2.41. The number of rotatable bonds is 5. The van der Waals surface area contributed by atoms with Gasteiger partial charge in [0.2, 0.25) is 5.76 Å². The summed E-state index contributed by atoms with van der Waals surface area (Å²) in [7, 11) is 5.48. The topological polar surface area (TPSA) is 63.0 Å². The second-order valence-electron chi connectivity index (χ2n) is 7.12. The van der Waals surface area contributed by atoms with Gasteiger partial charge in [0.1, 0.15) is 11.3 Å². The van der Waals surface area contributed by atoms with E-state index in [4.69, 9.17) is 9.15 Å². The molecule has 0 bridgehead atoms. The molecule has 28 heavy (non-hydrogen) atoms. The van der Waals surface area contributed by atoms with E-state index in [2.05, 4.69) is 0 Å². The Morgan fingerprint density at radius 1 is 1.07 bits per heavy atom. The number of carbonyl (C=O) groups is 1. The lowest BCUT2D eigenvalue weighted by Gasteiger charge is -2.27. The molecule has 0 aliphatic carbocycles. The molecule has 144 valence electrons. The molecule has 6 nitrogen and oxygen atoms in total. The number of para-hydroxylation sites is 2. The predicted octanol–water partition coefficient (Wildman–Crippen LogP) is 2.91. The van der Waals surface area contributed by atoms with Crippen molar-refractivity contribution >= 4 is 16.9 Å². The summed E-state index contributed by atoms with van der Waals surface area (Å²) in [4.78, 5) is 30.3. The molecular formula is C22H22N2O4. The molecule has 4 rings (SSSR count). The first-order valence-electron chi connectivity index (χ1n) is 9.17. The molecular weight excluding hydrogens is 356 g/mol.